The van der Waals surface area contributed by atoms with Crippen molar-refractivity contribution in [2.75, 3.05) is 0 Å². The summed E-state index contributed by atoms with van der Waals surface area (Å²) < 4.78 is 5.46. The molecule has 0 aromatic rings. The van der Waals surface area contributed by atoms with Crippen LogP contribution in [0.15, 0.2) is 0 Å². The molecule has 0 aromatic carbocycles. The highest BCUT2D eigenvalue weighted by Gasteiger charge is 2.38. The molecule has 2 heteroatoms. The Hall–Kier alpha value is -0.530. The van der Waals surface area contributed by atoms with E-state index >= 15 is 0 Å². The summed E-state index contributed by atoms with van der Waals surface area (Å²) in [6.45, 7) is 5.84. The van der Waals surface area contributed by atoms with E-state index in [9.17, 15) is 4.79 Å². The Morgan fingerprint density at radius 2 is 1.60 bits per heavy atom. The SMILES string of the molecule is CC(C)(C)OC(=O)C1CC2CCC(C2)C1. The van der Waals surface area contributed by atoms with E-state index in [0.717, 1.165) is 24.7 Å². The molecule has 0 aliphatic heterocycles. The average molecular weight is 210 g/mol. The number of ether oxygens (including phenoxy) is 1. The van der Waals surface area contributed by atoms with Gasteiger partial charge in [-0.2, -0.15) is 0 Å². The molecule has 2 atom stereocenters. The fraction of sp³-hybridized carbons (Fsp3) is 0.923. The first-order valence-corrected chi connectivity index (χ1v) is 6.17. The number of esters is 1. The standard InChI is InChI=1S/C13H22O2/c1-13(2,3)15-12(14)11-7-9-4-5-10(6-9)8-11/h9-11H,4-8H2,1-3H3. The van der Waals surface area contributed by atoms with Crippen molar-refractivity contribution >= 4 is 5.97 Å². The van der Waals surface area contributed by atoms with E-state index in [1.165, 1.54) is 19.3 Å². The lowest BCUT2D eigenvalue weighted by Gasteiger charge is -2.29. The zero-order valence-corrected chi connectivity index (χ0v) is 10.1. The third kappa shape index (κ3) is 2.73. The molecular weight excluding hydrogens is 188 g/mol. The Balaban J connectivity index is 1.91. The summed E-state index contributed by atoms with van der Waals surface area (Å²) in [6, 6.07) is 0. The first kappa shape index (κ1) is 11.0. The number of rotatable bonds is 1. The molecule has 2 bridgehead atoms. The second kappa shape index (κ2) is 3.80. The van der Waals surface area contributed by atoms with Crippen molar-refractivity contribution in [3.63, 3.8) is 0 Å². The normalized spacial score (nSPS) is 35.3. The second-order valence-corrected chi connectivity index (χ2v) is 6.25. The van der Waals surface area contributed by atoms with Gasteiger partial charge in [-0.25, -0.2) is 0 Å². The largest absolute Gasteiger partial charge is 0.460 e. The van der Waals surface area contributed by atoms with Crippen LogP contribution in [0.25, 0.3) is 0 Å². The summed E-state index contributed by atoms with van der Waals surface area (Å²) in [7, 11) is 0. The van der Waals surface area contributed by atoms with Crippen molar-refractivity contribution in [1.82, 2.24) is 0 Å². The average Bonchev–Trinajstić information content (AvgIpc) is 2.42. The zero-order valence-electron chi connectivity index (χ0n) is 10.1. The summed E-state index contributed by atoms with van der Waals surface area (Å²) in [5, 5.41) is 0. The van der Waals surface area contributed by atoms with Crippen LogP contribution < -0.4 is 0 Å². The van der Waals surface area contributed by atoms with Gasteiger partial charge in [-0.05, 0) is 51.9 Å². The summed E-state index contributed by atoms with van der Waals surface area (Å²) in [6.07, 6.45) is 6.18. The summed E-state index contributed by atoms with van der Waals surface area (Å²) in [5.74, 6) is 1.84. The van der Waals surface area contributed by atoms with E-state index in [4.69, 9.17) is 4.74 Å². The van der Waals surface area contributed by atoms with Crippen LogP contribution in [0.5, 0.6) is 0 Å². The van der Waals surface area contributed by atoms with E-state index in [-0.39, 0.29) is 17.5 Å². The molecule has 15 heavy (non-hydrogen) atoms. The van der Waals surface area contributed by atoms with Gasteiger partial charge in [0.15, 0.2) is 0 Å². The maximum atomic E-state index is 11.9. The van der Waals surface area contributed by atoms with Crippen LogP contribution in [-0.4, -0.2) is 11.6 Å². The van der Waals surface area contributed by atoms with Gasteiger partial charge >= 0.3 is 5.97 Å². The lowest BCUT2D eigenvalue weighted by Crippen LogP contribution is -2.31. The first-order chi connectivity index (χ1) is 6.94. The van der Waals surface area contributed by atoms with Crippen LogP contribution >= 0.6 is 0 Å². The van der Waals surface area contributed by atoms with E-state index in [2.05, 4.69) is 0 Å². The lowest BCUT2D eigenvalue weighted by molar-refractivity contribution is -0.161. The molecule has 0 amide bonds. The van der Waals surface area contributed by atoms with Crippen molar-refractivity contribution in [2.24, 2.45) is 17.8 Å². The number of carbonyl (C=O) groups excluding carboxylic acids is 1. The highest BCUT2D eigenvalue weighted by Crippen LogP contribution is 2.45. The smallest absolute Gasteiger partial charge is 0.309 e. The van der Waals surface area contributed by atoms with E-state index in [1.807, 2.05) is 20.8 Å². The molecule has 2 nitrogen and oxygen atoms in total. The van der Waals surface area contributed by atoms with Gasteiger partial charge in [0.1, 0.15) is 5.60 Å². The van der Waals surface area contributed by atoms with Crippen molar-refractivity contribution in [3.05, 3.63) is 0 Å². The molecule has 2 unspecified atom stereocenters. The van der Waals surface area contributed by atoms with Gasteiger partial charge in [-0.1, -0.05) is 12.8 Å². The molecule has 2 aliphatic rings. The van der Waals surface area contributed by atoms with Crippen molar-refractivity contribution < 1.29 is 9.53 Å². The first-order valence-electron chi connectivity index (χ1n) is 6.17. The molecule has 0 saturated heterocycles. The molecule has 2 rings (SSSR count). The third-order valence-electron chi connectivity index (χ3n) is 3.63. The predicted molar refractivity (Wildman–Crippen MR) is 59.4 cm³/mol. The third-order valence-corrected chi connectivity index (χ3v) is 3.63. The Morgan fingerprint density at radius 3 is 2.07 bits per heavy atom. The van der Waals surface area contributed by atoms with Crippen LogP contribution in [0.3, 0.4) is 0 Å². The second-order valence-electron chi connectivity index (χ2n) is 6.25. The van der Waals surface area contributed by atoms with E-state index in [0.29, 0.717) is 0 Å². The Kier molecular flexibility index (Phi) is 2.78. The van der Waals surface area contributed by atoms with Gasteiger partial charge in [0.05, 0.1) is 5.92 Å². The molecule has 86 valence electrons. The predicted octanol–water partition coefficient (Wildman–Crippen LogP) is 3.15. The van der Waals surface area contributed by atoms with Gasteiger partial charge < -0.3 is 4.74 Å². The van der Waals surface area contributed by atoms with Gasteiger partial charge in [-0.3, -0.25) is 4.79 Å². The van der Waals surface area contributed by atoms with Crippen molar-refractivity contribution in [2.45, 2.75) is 58.5 Å². The van der Waals surface area contributed by atoms with Crippen LogP contribution in [0.1, 0.15) is 52.9 Å². The van der Waals surface area contributed by atoms with Crippen LogP contribution in [-0.2, 0) is 9.53 Å². The fourth-order valence-electron chi connectivity index (χ4n) is 3.09. The van der Waals surface area contributed by atoms with Gasteiger partial charge in [0.2, 0.25) is 0 Å². The molecule has 0 radical (unpaired) electrons. The Labute approximate surface area is 92.4 Å². The number of hydrogen-bond acceptors (Lipinski definition) is 2. The van der Waals surface area contributed by atoms with Crippen molar-refractivity contribution in [1.29, 1.82) is 0 Å². The van der Waals surface area contributed by atoms with Crippen molar-refractivity contribution in [3.8, 4) is 0 Å². The van der Waals surface area contributed by atoms with Gasteiger partial charge in [-0.15, -0.1) is 0 Å². The topological polar surface area (TPSA) is 26.3 Å². The fourth-order valence-corrected chi connectivity index (χ4v) is 3.09. The summed E-state index contributed by atoms with van der Waals surface area (Å²) >= 11 is 0. The van der Waals surface area contributed by atoms with E-state index < -0.39 is 0 Å². The van der Waals surface area contributed by atoms with Crippen LogP contribution in [0.2, 0.25) is 0 Å². The lowest BCUT2D eigenvalue weighted by atomic mass is 9.81. The molecule has 0 aromatic heterocycles. The number of carbonyl (C=O) groups is 1. The van der Waals surface area contributed by atoms with Crippen LogP contribution in [0.4, 0.5) is 0 Å². The molecule has 2 aliphatic carbocycles. The van der Waals surface area contributed by atoms with Gasteiger partial charge in [0, 0.05) is 0 Å². The maximum Gasteiger partial charge on any atom is 0.309 e. The molecular formula is C13H22O2. The molecule has 0 N–H and O–H groups in total. The van der Waals surface area contributed by atoms with Gasteiger partial charge in [0.25, 0.3) is 0 Å². The zero-order chi connectivity index (χ0) is 11.1. The minimum absolute atomic E-state index is 0.0408. The number of fused-ring (bicyclic) bond motifs is 2. The molecule has 0 spiro atoms. The molecule has 0 heterocycles. The molecule has 2 fully saturated rings. The summed E-state index contributed by atoms with van der Waals surface area (Å²) in [5.41, 5.74) is -0.326. The highest BCUT2D eigenvalue weighted by molar-refractivity contribution is 5.73. The Morgan fingerprint density at radius 1 is 1.07 bits per heavy atom. The summed E-state index contributed by atoms with van der Waals surface area (Å²) in [4.78, 5) is 11.9. The monoisotopic (exact) mass is 210 g/mol. The quantitative estimate of drug-likeness (QED) is 0.621. The Bertz CT molecular complexity index is 240. The highest BCUT2D eigenvalue weighted by atomic mass is 16.6. The number of hydrogen-bond donors (Lipinski definition) is 0. The maximum absolute atomic E-state index is 11.9. The van der Waals surface area contributed by atoms with E-state index in [1.54, 1.807) is 0 Å². The minimum Gasteiger partial charge on any atom is -0.460 e. The minimum atomic E-state index is -0.326. The van der Waals surface area contributed by atoms with Crippen LogP contribution in [0, 0.1) is 17.8 Å². The molecule has 2 saturated carbocycles.